The molecule has 0 saturated heterocycles. The second kappa shape index (κ2) is 7.63. The van der Waals surface area contributed by atoms with Crippen LogP contribution in [0.25, 0.3) is 0 Å². The second-order valence-corrected chi connectivity index (χ2v) is 6.93. The van der Waals surface area contributed by atoms with Crippen molar-refractivity contribution in [1.29, 1.82) is 0 Å². The van der Waals surface area contributed by atoms with Crippen molar-refractivity contribution < 1.29 is 9.18 Å². The predicted molar refractivity (Wildman–Crippen MR) is 92.0 cm³/mol. The summed E-state index contributed by atoms with van der Waals surface area (Å²) in [7, 11) is 0. The molecule has 1 aromatic carbocycles. The van der Waals surface area contributed by atoms with E-state index in [1.54, 1.807) is 6.07 Å². The van der Waals surface area contributed by atoms with E-state index in [1.165, 1.54) is 6.07 Å². The normalized spacial score (nSPS) is 29.5. The van der Waals surface area contributed by atoms with E-state index in [1.807, 2.05) is 6.07 Å². The molecule has 2 unspecified atom stereocenters. The minimum Gasteiger partial charge on any atom is -0.349 e. The number of carbonyl (C=O) groups excluding carboxylic acids is 1. The van der Waals surface area contributed by atoms with Gasteiger partial charge in [0.1, 0.15) is 5.82 Å². The Balaban J connectivity index is 0.00000192. The fourth-order valence-corrected chi connectivity index (χ4v) is 3.99. The minimum atomic E-state index is -0.151. The molecule has 0 aliphatic heterocycles. The molecule has 2 aliphatic rings. The van der Waals surface area contributed by atoms with Crippen LogP contribution in [0.1, 0.15) is 56.2 Å². The fourth-order valence-electron chi connectivity index (χ4n) is 3.99. The summed E-state index contributed by atoms with van der Waals surface area (Å²) in [5.41, 5.74) is 7.77. The van der Waals surface area contributed by atoms with Crippen molar-refractivity contribution in [3.05, 3.63) is 35.1 Å². The first-order valence-corrected chi connectivity index (χ1v) is 8.38. The highest BCUT2D eigenvalue weighted by Crippen LogP contribution is 2.36. The van der Waals surface area contributed by atoms with Crippen LogP contribution in [-0.2, 0) is 11.2 Å². The van der Waals surface area contributed by atoms with Crippen LogP contribution in [0.3, 0.4) is 0 Å². The standard InChI is InChI=1S/C18H25FN2O.ClH/c1-11-8-9-13-14(5-3-6-15(13)19)18(11)21-17(22)10-12-4-2-7-16(12)20;/h3,5-6,11-12,16,18H,2,4,7-10,20H2,1H3,(H,21,22);1H/t11?,12-,16+,18?;/m0./s1. The molecule has 0 spiro atoms. The topological polar surface area (TPSA) is 55.1 Å². The van der Waals surface area contributed by atoms with Crippen LogP contribution in [0.4, 0.5) is 4.39 Å². The Morgan fingerprint density at radius 2 is 2.13 bits per heavy atom. The lowest BCUT2D eigenvalue weighted by Crippen LogP contribution is -2.38. The van der Waals surface area contributed by atoms with Crippen molar-refractivity contribution in [2.45, 2.75) is 57.5 Å². The van der Waals surface area contributed by atoms with Crippen molar-refractivity contribution >= 4 is 18.3 Å². The molecule has 1 amide bonds. The largest absolute Gasteiger partial charge is 0.349 e. The van der Waals surface area contributed by atoms with Crippen molar-refractivity contribution in [1.82, 2.24) is 5.32 Å². The van der Waals surface area contributed by atoms with Gasteiger partial charge in [-0.1, -0.05) is 25.5 Å². The molecule has 23 heavy (non-hydrogen) atoms. The zero-order chi connectivity index (χ0) is 15.7. The van der Waals surface area contributed by atoms with Crippen LogP contribution in [-0.4, -0.2) is 11.9 Å². The van der Waals surface area contributed by atoms with E-state index in [-0.39, 0.29) is 36.2 Å². The fraction of sp³-hybridized carbons (Fsp3) is 0.611. The van der Waals surface area contributed by atoms with Gasteiger partial charge in [0.25, 0.3) is 0 Å². The average molecular weight is 341 g/mol. The summed E-state index contributed by atoms with van der Waals surface area (Å²) in [6, 6.07) is 5.26. The van der Waals surface area contributed by atoms with E-state index in [4.69, 9.17) is 5.73 Å². The van der Waals surface area contributed by atoms with E-state index < -0.39 is 0 Å². The van der Waals surface area contributed by atoms with Gasteiger partial charge in [-0.15, -0.1) is 12.4 Å². The number of rotatable bonds is 3. The number of benzene rings is 1. The van der Waals surface area contributed by atoms with Gasteiger partial charge < -0.3 is 11.1 Å². The predicted octanol–water partition coefficient (Wildman–Crippen LogP) is 3.50. The number of carbonyl (C=O) groups is 1. The van der Waals surface area contributed by atoms with Crippen molar-refractivity contribution in [2.24, 2.45) is 17.6 Å². The maximum Gasteiger partial charge on any atom is 0.220 e. The smallest absolute Gasteiger partial charge is 0.220 e. The number of amides is 1. The van der Waals surface area contributed by atoms with Crippen molar-refractivity contribution in [3.63, 3.8) is 0 Å². The Kier molecular flexibility index (Phi) is 6.04. The summed E-state index contributed by atoms with van der Waals surface area (Å²) in [5.74, 6) is 0.527. The number of hydrogen-bond donors (Lipinski definition) is 2. The molecule has 0 aromatic heterocycles. The maximum absolute atomic E-state index is 14.0. The lowest BCUT2D eigenvalue weighted by molar-refractivity contribution is -0.123. The Bertz CT molecular complexity index is 566. The lowest BCUT2D eigenvalue weighted by atomic mass is 9.80. The molecule has 0 heterocycles. The van der Waals surface area contributed by atoms with Gasteiger partial charge in [-0.05, 0) is 54.7 Å². The van der Waals surface area contributed by atoms with E-state index in [0.717, 1.165) is 43.2 Å². The van der Waals surface area contributed by atoms with E-state index in [2.05, 4.69) is 12.2 Å². The number of hydrogen-bond acceptors (Lipinski definition) is 2. The summed E-state index contributed by atoms with van der Waals surface area (Å²) < 4.78 is 14.0. The zero-order valence-electron chi connectivity index (χ0n) is 13.6. The Morgan fingerprint density at radius 3 is 2.83 bits per heavy atom. The Hall–Kier alpha value is -1.13. The Morgan fingerprint density at radius 1 is 1.35 bits per heavy atom. The molecular formula is C18H26ClFN2O. The van der Waals surface area contributed by atoms with Crippen molar-refractivity contribution in [3.8, 4) is 0 Å². The van der Waals surface area contributed by atoms with E-state index >= 15 is 0 Å². The van der Waals surface area contributed by atoms with Gasteiger partial charge in [-0.3, -0.25) is 4.79 Å². The quantitative estimate of drug-likeness (QED) is 0.884. The van der Waals surface area contributed by atoms with Gasteiger partial charge in [-0.2, -0.15) is 0 Å². The van der Waals surface area contributed by atoms with Crippen LogP contribution in [0.2, 0.25) is 0 Å². The number of nitrogens with one attached hydrogen (secondary N) is 1. The van der Waals surface area contributed by atoms with E-state index in [9.17, 15) is 9.18 Å². The van der Waals surface area contributed by atoms with Crippen LogP contribution in [0.5, 0.6) is 0 Å². The molecule has 3 N–H and O–H groups in total. The summed E-state index contributed by atoms with van der Waals surface area (Å²) in [4.78, 5) is 12.4. The maximum atomic E-state index is 14.0. The van der Waals surface area contributed by atoms with Gasteiger partial charge in [0.15, 0.2) is 0 Å². The molecule has 3 rings (SSSR count). The first-order valence-electron chi connectivity index (χ1n) is 8.38. The van der Waals surface area contributed by atoms with Gasteiger partial charge in [0.2, 0.25) is 5.91 Å². The van der Waals surface area contributed by atoms with Crippen LogP contribution in [0.15, 0.2) is 18.2 Å². The molecule has 1 aromatic rings. The molecule has 1 fully saturated rings. The number of nitrogens with two attached hydrogens (primary N) is 1. The lowest BCUT2D eigenvalue weighted by Gasteiger charge is -2.32. The minimum absolute atomic E-state index is 0. The SMILES string of the molecule is CC1CCc2c(F)cccc2C1NC(=O)C[C@@H]1CCC[C@H]1N.Cl. The molecular weight excluding hydrogens is 315 g/mol. The molecule has 3 nitrogen and oxygen atoms in total. The third-order valence-corrected chi connectivity index (χ3v) is 5.39. The first-order chi connectivity index (χ1) is 10.6. The van der Waals surface area contributed by atoms with Crippen LogP contribution < -0.4 is 11.1 Å². The summed E-state index contributed by atoms with van der Waals surface area (Å²) in [6.07, 6.45) is 5.33. The third kappa shape index (κ3) is 3.86. The highest BCUT2D eigenvalue weighted by atomic mass is 35.5. The highest BCUT2D eigenvalue weighted by Gasteiger charge is 2.31. The first kappa shape index (κ1) is 18.2. The molecule has 4 atom stereocenters. The average Bonchev–Trinajstić information content (AvgIpc) is 2.88. The summed E-state index contributed by atoms with van der Waals surface area (Å²) in [6.45, 7) is 2.13. The van der Waals surface area contributed by atoms with Gasteiger partial charge in [0.05, 0.1) is 6.04 Å². The highest BCUT2D eigenvalue weighted by molar-refractivity contribution is 5.85. The molecule has 128 valence electrons. The van der Waals surface area contributed by atoms with Crippen LogP contribution in [0, 0.1) is 17.7 Å². The summed E-state index contributed by atoms with van der Waals surface area (Å²) >= 11 is 0. The molecule has 5 heteroatoms. The number of fused-ring (bicyclic) bond motifs is 1. The monoisotopic (exact) mass is 340 g/mol. The van der Waals surface area contributed by atoms with E-state index in [0.29, 0.717) is 18.3 Å². The van der Waals surface area contributed by atoms with Gasteiger partial charge in [0, 0.05) is 12.5 Å². The van der Waals surface area contributed by atoms with Gasteiger partial charge >= 0.3 is 0 Å². The second-order valence-electron chi connectivity index (χ2n) is 6.93. The Labute approximate surface area is 143 Å². The third-order valence-electron chi connectivity index (χ3n) is 5.39. The molecule has 1 saturated carbocycles. The molecule has 0 bridgehead atoms. The molecule has 2 aliphatic carbocycles. The van der Waals surface area contributed by atoms with Crippen LogP contribution >= 0.6 is 12.4 Å². The summed E-state index contributed by atoms with van der Waals surface area (Å²) in [5, 5.41) is 3.14. The van der Waals surface area contributed by atoms with Gasteiger partial charge in [-0.25, -0.2) is 4.39 Å². The van der Waals surface area contributed by atoms with Crippen molar-refractivity contribution in [2.75, 3.05) is 0 Å². The number of halogens is 2. The zero-order valence-corrected chi connectivity index (χ0v) is 14.4. The molecule has 0 radical (unpaired) electrons.